The summed E-state index contributed by atoms with van der Waals surface area (Å²) in [4.78, 5) is 17.8. The Hall–Kier alpha value is -2.69. The van der Waals surface area contributed by atoms with Crippen LogP contribution in [0.3, 0.4) is 0 Å². The van der Waals surface area contributed by atoms with Crippen molar-refractivity contribution in [3.63, 3.8) is 0 Å². The number of rotatable bonds is 12. The molecule has 46 heavy (non-hydrogen) atoms. The molecule has 2 saturated carbocycles. The number of carbonyl (C=O) groups is 1. The average Bonchev–Trinajstić information content (AvgIpc) is 3.80. The van der Waals surface area contributed by atoms with Crippen LogP contribution in [0, 0.1) is 23.6 Å². The van der Waals surface area contributed by atoms with E-state index < -0.39 is 15.9 Å². The molecule has 6 rings (SSSR count). The minimum atomic E-state index is -3.16. The minimum Gasteiger partial charge on any atom is -0.453 e. The van der Waals surface area contributed by atoms with Gasteiger partial charge in [0, 0.05) is 55.3 Å². The van der Waals surface area contributed by atoms with Crippen LogP contribution in [0.25, 0.3) is 0 Å². The van der Waals surface area contributed by atoms with Gasteiger partial charge in [0.15, 0.2) is 9.84 Å². The van der Waals surface area contributed by atoms with Crippen LogP contribution in [-0.2, 0) is 20.0 Å². The van der Waals surface area contributed by atoms with Gasteiger partial charge in [0.2, 0.25) is 0 Å². The van der Waals surface area contributed by atoms with E-state index in [1.807, 2.05) is 18.2 Å². The smallest absolute Gasteiger partial charge is 0.407 e. The zero-order valence-electron chi connectivity index (χ0n) is 27.6. The number of hydrogen-bond donors (Lipinski definition) is 2. The van der Waals surface area contributed by atoms with Crippen LogP contribution in [0.5, 0.6) is 0 Å². The topological polar surface area (TPSA) is 91.0 Å². The maximum absolute atomic E-state index is 14.9. The van der Waals surface area contributed by atoms with Crippen LogP contribution in [0.1, 0.15) is 64.4 Å². The molecule has 0 radical (unpaired) electrons. The third-order valence-corrected chi connectivity index (χ3v) is 13.4. The van der Waals surface area contributed by atoms with Crippen molar-refractivity contribution in [3.05, 3.63) is 59.9 Å². The van der Waals surface area contributed by atoms with Gasteiger partial charge in [0.25, 0.3) is 0 Å². The fourth-order valence-electron chi connectivity index (χ4n) is 8.55. The predicted octanol–water partition coefficient (Wildman–Crippen LogP) is 5.37. The van der Waals surface area contributed by atoms with E-state index in [1.165, 1.54) is 13.2 Å². The highest BCUT2D eigenvalue weighted by Gasteiger charge is 2.52. The van der Waals surface area contributed by atoms with Gasteiger partial charge < -0.3 is 25.2 Å². The third-order valence-electron chi connectivity index (χ3n) is 11.1. The van der Waals surface area contributed by atoms with Crippen molar-refractivity contribution in [2.24, 2.45) is 17.8 Å². The van der Waals surface area contributed by atoms with E-state index in [0.717, 1.165) is 95.5 Å². The number of halogens is 1. The zero-order chi connectivity index (χ0) is 32.5. The van der Waals surface area contributed by atoms with Crippen LogP contribution in [0.15, 0.2) is 53.4 Å². The van der Waals surface area contributed by atoms with Gasteiger partial charge in [-0.3, -0.25) is 0 Å². The third kappa shape index (κ3) is 6.95. The summed E-state index contributed by atoms with van der Waals surface area (Å²) in [6.45, 7) is 10.0. The number of likely N-dealkylation sites (tertiary alicyclic amines) is 1. The Labute approximate surface area is 274 Å². The molecular weight excluding hydrogens is 603 g/mol. The minimum absolute atomic E-state index is 0.0217. The predicted molar refractivity (Wildman–Crippen MR) is 179 cm³/mol. The monoisotopic (exact) mass is 654 g/mol. The fraction of sp³-hybridized carbons (Fsp3) is 0.639. The first kappa shape index (κ1) is 33.2. The number of methoxy groups -OCH3 is 1. The summed E-state index contributed by atoms with van der Waals surface area (Å²) in [7, 11) is -1.75. The molecule has 2 N–H and O–H groups in total. The second-order valence-corrected chi connectivity index (χ2v) is 16.7. The van der Waals surface area contributed by atoms with Gasteiger partial charge in [0.05, 0.1) is 17.3 Å². The Morgan fingerprint density at radius 2 is 1.74 bits per heavy atom. The molecule has 10 heteroatoms. The number of amides is 1. The Kier molecular flexibility index (Phi) is 9.97. The Morgan fingerprint density at radius 3 is 2.37 bits per heavy atom. The van der Waals surface area contributed by atoms with Crippen LogP contribution >= 0.6 is 0 Å². The number of carbonyl (C=O) groups excluding carboxylic acids is 1. The van der Waals surface area contributed by atoms with E-state index >= 15 is 0 Å². The quantitative estimate of drug-likeness (QED) is 0.318. The number of nitrogens with zero attached hydrogens (tertiary/aromatic N) is 2. The Balaban J connectivity index is 1.13. The summed E-state index contributed by atoms with van der Waals surface area (Å²) in [5.74, 6) is 0.866. The first-order valence-electron chi connectivity index (χ1n) is 17.3. The van der Waals surface area contributed by atoms with Gasteiger partial charge in [0.1, 0.15) is 5.82 Å². The molecule has 0 spiro atoms. The van der Waals surface area contributed by atoms with E-state index in [-0.39, 0.29) is 34.5 Å². The van der Waals surface area contributed by atoms with Gasteiger partial charge in [-0.05, 0) is 105 Å². The molecule has 252 valence electrons. The van der Waals surface area contributed by atoms with Crippen LogP contribution in [0.2, 0.25) is 0 Å². The maximum atomic E-state index is 14.9. The van der Waals surface area contributed by atoms with Crippen molar-refractivity contribution in [2.45, 2.75) is 86.4 Å². The van der Waals surface area contributed by atoms with Gasteiger partial charge in [-0.1, -0.05) is 32.4 Å². The number of benzene rings is 2. The molecule has 2 aliphatic heterocycles. The number of nitrogens with one attached hydrogen (secondary N) is 2. The van der Waals surface area contributed by atoms with Gasteiger partial charge in [-0.2, -0.15) is 0 Å². The van der Waals surface area contributed by atoms with E-state index in [0.29, 0.717) is 16.7 Å². The molecule has 2 aromatic rings. The number of alkyl carbamates (subject to hydrolysis) is 1. The molecule has 0 aromatic heterocycles. The van der Waals surface area contributed by atoms with Gasteiger partial charge >= 0.3 is 6.09 Å². The molecule has 3 atom stereocenters. The van der Waals surface area contributed by atoms with Crippen LogP contribution in [0.4, 0.5) is 14.9 Å². The molecule has 4 aliphatic rings. The number of piperidine rings is 1. The molecule has 2 heterocycles. The fourth-order valence-corrected chi connectivity index (χ4v) is 10.2. The molecular formula is C36H51FN4O4S. The lowest BCUT2D eigenvalue weighted by molar-refractivity contribution is 0.0641. The number of anilines is 1. The van der Waals surface area contributed by atoms with Gasteiger partial charge in [-0.15, -0.1) is 0 Å². The zero-order valence-corrected chi connectivity index (χ0v) is 28.4. The summed E-state index contributed by atoms with van der Waals surface area (Å²) in [5, 5.41) is 6.72. The summed E-state index contributed by atoms with van der Waals surface area (Å²) in [6.07, 6.45) is 6.10. The second-order valence-electron chi connectivity index (χ2n) is 14.5. The average molecular weight is 655 g/mol. The number of hydrogen-bond acceptors (Lipinski definition) is 7. The lowest BCUT2D eigenvalue weighted by atomic mass is 9.58. The van der Waals surface area contributed by atoms with E-state index in [9.17, 15) is 17.6 Å². The largest absolute Gasteiger partial charge is 0.453 e. The first-order valence-corrected chi connectivity index (χ1v) is 18.8. The lowest BCUT2D eigenvalue weighted by Crippen LogP contribution is -2.58. The standard InChI is InChI=1S/C36H51FN4O4S/c1-25(2)38-24-36(28-6-4-7-29(37)20-28,33-8-5-9-34(33)39-35(42)45-3)27-16-18-40(19-17-27)21-26-22-41(23-26)30-10-12-31(13-11-30)46(43,44)32-14-15-32/h4,6-7,10-13,20,25-27,32-34,38H,5,8-9,14-19,21-24H2,1-3H3,(H,39,42)/t33-,34-,36-/m0/s1. The van der Waals surface area contributed by atoms with Crippen LogP contribution in [-0.4, -0.2) is 83.1 Å². The Morgan fingerprint density at radius 1 is 1.02 bits per heavy atom. The molecule has 0 unspecified atom stereocenters. The molecule has 2 aliphatic carbocycles. The second kappa shape index (κ2) is 13.8. The van der Waals surface area contributed by atoms with Crippen LogP contribution < -0.4 is 15.5 Å². The van der Waals surface area contributed by atoms with Crippen molar-refractivity contribution in [2.75, 3.05) is 51.3 Å². The van der Waals surface area contributed by atoms with E-state index in [2.05, 4.69) is 40.3 Å². The maximum Gasteiger partial charge on any atom is 0.407 e. The van der Waals surface area contributed by atoms with Crippen molar-refractivity contribution in [3.8, 4) is 0 Å². The summed E-state index contributed by atoms with van der Waals surface area (Å²) in [5.41, 5.74) is 1.80. The van der Waals surface area contributed by atoms with Crippen molar-refractivity contribution in [1.29, 1.82) is 0 Å². The highest BCUT2D eigenvalue weighted by Crippen LogP contribution is 2.50. The molecule has 8 nitrogen and oxygen atoms in total. The molecule has 1 amide bonds. The normalized spacial score (nSPS) is 24.5. The highest BCUT2D eigenvalue weighted by atomic mass is 32.2. The van der Waals surface area contributed by atoms with E-state index in [1.54, 1.807) is 18.2 Å². The van der Waals surface area contributed by atoms with Crippen molar-refractivity contribution in [1.82, 2.24) is 15.5 Å². The molecule has 2 aromatic carbocycles. The Bertz CT molecular complexity index is 1450. The first-order chi connectivity index (χ1) is 22.1. The van der Waals surface area contributed by atoms with Crippen molar-refractivity contribution >= 4 is 21.6 Å². The van der Waals surface area contributed by atoms with Gasteiger partial charge in [-0.25, -0.2) is 17.6 Å². The SMILES string of the molecule is COC(=O)N[C@H]1CCC[C@@H]1[C@](CNC(C)C)(c1cccc(F)c1)C1CCN(CC2CN(c3ccc(S(=O)(=O)C4CC4)cc3)C2)CC1. The molecule has 2 saturated heterocycles. The summed E-state index contributed by atoms with van der Waals surface area (Å²) in [6, 6.07) is 14.9. The number of sulfone groups is 1. The molecule has 4 fully saturated rings. The van der Waals surface area contributed by atoms with E-state index in [4.69, 9.17) is 4.74 Å². The highest BCUT2D eigenvalue weighted by molar-refractivity contribution is 7.92. The molecule has 0 bridgehead atoms. The lowest BCUT2D eigenvalue weighted by Gasteiger charge is -2.52. The number of ether oxygens (including phenoxy) is 1. The van der Waals surface area contributed by atoms with Crippen molar-refractivity contribution < 1.29 is 22.3 Å². The summed E-state index contributed by atoms with van der Waals surface area (Å²) >= 11 is 0. The summed E-state index contributed by atoms with van der Waals surface area (Å²) < 4.78 is 45.0.